The predicted molar refractivity (Wildman–Crippen MR) is 49.6 cm³/mol. The van der Waals surface area contributed by atoms with E-state index in [1.54, 1.807) is 6.20 Å². The first-order chi connectivity index (χ1) is 5.79. The average molecular weight is 167 g/mol. The number of hydrogen-bond acceptors (Lipinski definition) is 1. The summed E-state index contributed by atoms with van der Waals surface area (Å²) in [6, 6.07) is 0.425. The number of nitrogens with zero attached hydrogens (tertiary/aromatic N) is 1. The number of likely N-dealkylation sites (tertiary alicyclic amines) is 1. The van der Waals surface area contributed by atoms with Gasteiger partial charge in [0.25, 0.3) is 0 Å². The van der Waals surface area contributed by atoms with Crippen LogP contribution < -0.4 is 0 Å². The molecule has 1 aliphatic rings. The van der Waals surface area contributed by atoms with Gasteiger partial charge in [-0.15, -0.1) is 0 Å². The highest BCUT2D eigenvalue weighted by Gasteiger charge is 2.24. The maximum atomic E-state index is 11.4. The van der Waals surface area contributed by atoms with E-state index in [9.17, 15) is 4.79 Å². The van der Waals surface area contributed by atoms with Crippen LogP contribution in [0.2, 0.25) is 0 Å². The Labute approximate surface area is 74.2 Å². The van der Waals surface area contributed by atoms with Crippen molar-refractivity contribution >= 4 is 5.91 Å². The van der Waals surface area contributed by atoms with Crippen LogP contribution in [0.25, 0.3) is 0 Å². The summed E-state index contributed by atoms with van der Waals surface area (Å²) in [6.45, 7) is 5.83. The molecule has 12 heavy (non-hydrogen) atoms. The highest BCUT2D eigenvalue weighted by molar-refractivity contribution is 5.78. The first-order valence-corrected chi connectivity index (χ1v) is 4.73. The molecule has 1 saturated heterocycles. The van der Waals surface area contributed by atoms with Gasteiger partial charge in [-0.1, -0.05) is 19.9 Å². The number of carbonyl (C=O) groups is 1. The van der Waals surface area contributed by atoms with Gasteiger partial charge in [-0.2, -0.15) is 0 Å². The maximum absolute atomic E-state index is 11.4. The van der Waals surface area contributed by atoms with Crippen molar-refractivity contribution in [3.8, 4) is 0 Å². The van der Waals surface area contributed by atoms with Crippen molar-refractivity contribution in [2.24, 2.45) is 0 Å². The van der Waals surface area contributed by atoms with Gasteiger partial charge in [0.1, 0.15) is 0 Å². The van der Waals surface area contributed by atoms with Crippen molar-refractivity contribution in [2.75, 3.05) is 0 Å². The second-order valence-corrected chi connectivity index (χ2v) is 3.32. The normalized spacial score (nSPS) is 24.2. The van der Waals surface area contributed by atoms with E-state index in [-0.39, 0.29) is 5.91 Å². The molecule has 0 radical (unpaired) electrons. The third-order valence-corrected chi connectivity index (χ3v) is 2.43. The zero-order valence-corrected chi connectivity index (χ0v) is 7.75. The molecule has 2 nitrogen and oxygen atoms in total. The summed E-state index contributed by atoms with van der Waals surface area (Å²) in [4.78, 5) is 13.2. The molecule has 0 aliphatic carbocycles. The molecule has 0 aromatic rings. The van der Waals surface area contributed by atoms with Crippen LogP contribution in [0.5, 0.6) is 0 Å². The molecular weight excluding hydrogens is 150 g/mol. The standard InChI is InChI=1S/C10H17NO/c1-3-6-9-7-5-8-10(12)11(9)4-2/h4,9H,2-3,5-8H2,1H3. The fraction of sp³-hybridized carbons (Fsp3) is 0.700. The third kappa shape index (κ3) is 1.87. The van der Waals surface area contributed by atoms with Gasteiger partial charge in [0.05, 0.1) is 0 Å². The molecule has 0 bridgehead atoms. The Morgan fingerprint density at radius 2 is 2.50 bits per heavy atom. The van der Waals surface area contributed by atoms with Gasteiger partial charge in [-0.25, -0.2) is 0 Å². The molecule has 0 saturated carbocycles. The largest absolute Gasteiger partial charge is 0.317 e. The summed E-state index contributed by atoms with van der Waals surface area (Å²) in [7, 11) is 0. The lowest BCUT2D eigenvalue weighted by atomic mass is 9.98. The molecule has 0 aromatic heterocycles. The topological polar surface area (TPSA) is 20.3 Å². The van der Waals surface area contributed by atoms with Gasteiger partial charge < -0.3 is 4.90 Å². The van der Waals surface area contributed by atoms with Gasteiger partial charge in [0, 0.05) is 12.5 Å². The maximum Gasteiger partial charge on any atom is 0.226 e. The van der Waals surface area contributed by atoms with Crippen molar-refractivity contribution < 1.29 is 4.79 Å². The molecule has 1 heterocycles. The number of hydrogen-bond donors (Lipinski definition) is 0. The van der Waals surface area contributed by atoms with Crippen molar-refractivity contribution in [2.45, 2.75) is 45.1 Å². The van der Waals surface area contributed by atoms with Crippen molar-refractivity contribution in [1.29, 1.82) is 0 Å². The third-order valence-electron chi connectivity index (χ3n) is 2.43. The first kappa shape index (κ1) is 9.30. The number of carbonyl (C=O) groups excluding carboxylic acids is 1. The molecule has 1 aliphatic heterocycles. The summed E-state index contributed by atoms with van der Waals surface area (Å²) in [5, 5.41) is 0. The second-order valence-electron chi connectivity index (χ2n) is 3.32. The van der Waals surface area contributed by atoms with E-state index in [1.807, 2.05) is 4.90 Å². The van der Waals surface area contributed by atoms with Crippen LogP contribution in [0.1, 0.15) is 39.0 Å². The molecule has 1 amide bonds. The summed E-state index contributed by atoms with van der Waals surface area (Å²) >= 11 is 0. The Kier molecular flexibility index (Phi) is 3.32. The number of rotatable bonds is 3. The summed E-state index contributed by atoms with van der Waals surface area (Å²) in [6.07, 6.45) is 6.83. The smallest absolute Gasteiger partial charge is 0.226 e. The van der Waals surface area contributed by atoms with E-state index < -0.39 is 0 Å². The van der Waals surface area contributed by atoms with E-state index in [4.69, 9.17) is 0 Å². The van der Waals surface area contributed by atoms with Crippen LogP contribution in [-0.2, 0) is 4.79 Å². The lowest BCUT2D eigenvalue weighted by molar-refractivity contribution is -0.133. The average Bonchev–Trinajstić information content (AvgIpc) is 2.05. The molecule has 2 heteroatoms. The van der Waals surface area contributed by atoms with Crippen LogP contribution in [0, 0.1) is 0 Å². The van der Waals surface area contributed by atoms with Crippen LogP contribution in [0.3, 0.4) is 0 Å². The van der Waals surface area contributed by atoms with Gasteiger partial charge in [0.2, 0.25) is 5.91 Å². The summed E-state index contributed by atoms with van der Waals surface area (Å²) in [5.41, 5.74) is 0. The zero-order valence-electron chi connectivity index (χ0n) is 7.75. The minimum absolute atomic E-state index is 0.245. The second kappa shape index (κ2) is 4.29. The van der Waals surface area contributed by atoms with E-state index in [2.05, 4.69) is 13.5 Å². The van der Waals surface area contributed by atoms with Crippen LogP contribution in [0.4, 0.5) is 0 Å². The SMILES string of the molecule is C=CN1C(=O)CCCC1CCC. The van der Waals surface area contributed by atoms with E-state index >= 15 is 0 Å². The Morgan fingerprint density at radius 1 is 1.75 bits per heavy atom. The van der Waals surface area contributed by atoms with Crippen LogP contribution in [0.15, 0.2) is 12.8 Å². The lowest BCUT2D eigenvalue weighted by Gasteiger charge is -2.32. The quantitative estimate of drug-likeness (QED) is 0.631. The molecular formula is C10H17NO. The Morgan fingerprint density at radius 3 is 3.08 bits per heavy atom. The summed E-state index contributed by atoms with van der Waals surface area (Å²) < 4.78 is 0. The van der Waals surface area contributed by atoms with Crippen molar-refractivity contribution in [1.82, 2.24) is 4.90 Å². The predicted octanol–water partition coefficient (Wildman–Crippen LogP) is 2.31. The molecule has 0 N–H and O–H groups in total. The monoisotopic (exact) mass is 167 g/mol. The lowest BCUT2D eigenvalue weighted by Crippen LogP contribution is -2.39. The number of amides is 1. The van der Waals surface area contributed by atoms with Gasteiger partial charge >= 0.3 is 0 Å². The molecule has 1 atom stereocenters. The van der Waals surface area contributed by atoms with Gasteiger partial charge in [-0.3, -0.25) is 4.79 Å². The molecule has 0 aromatic carbocycles. The molecule has 1 unspecified atom stereocenters. The van der Waals surface area contributed by atoms with E-state index in [0.717, 1.165) is 25.7 Å². The molecule has 1 rings (SSSR count). The van der Waals surface area contributed by atoms with Gasteiger partial charge in [0.15, 0.2) is 0 Å². The summed E-state index contributed by atoms with van der Waals surface area (Å²) in [5.74, 6) is 0.245. The Bertz CT molecular complexity index is 175. The van der Waals surface area contributed by atoms with Crippen LogP contribution in [-0.4, -0.2) is 16.8 Å². The first-order valence-electron chi connectivity index (χ1n) is 4.73. The highest BCUT2D eigenvalue weighted by atomic mass is 16.2. The zero-order chi connectivity index (χ0) is 8.97. The molecule has 1 fully saturated rings. The molecule has 0 spiro atoms. The van der Waals surface area contributed by atoms with Crippen molar-refractivity contribution in [3.05, 3.63) is 12.8 Å². The minimum Gasteiger partial charge on any atom is -0.317 e. The number of piperidine rings is 1. The fourth-order valence-corrected chi connectivity index (χ4v) is 1.83. The van der Waals surface area contributed by atoms with E-state index in [0.29, 0.717) is 12.5 Å². The Balaban J connectivity index is 2.57. The Hall–Kier alpha value is -0.790. The molecule has 68 valence electrons. The van der Waals surface area contributed by atoms with Crippen LogP contribution >= 0.6 is 0 Å². The minimum atomic E-state index is 0.245. The van der Waals surface area contributed by atoms with Crippen molar-refractivity contribution in [3.63, 3.8) is 0 Å². The fourth-order valence-electron chi connectivity index (χ4n) is 1.83. The highest BCUT2D eigenvalue weighted by Crippen LogP contribution is 2.21. The van der Waals surface area contributed by atoms with E-state index in [1.165, 1.54) is 0 Å². The van der Waals surface area contributed by atoms with Gasteiger partial charge in [-0.05, 0) is 25.5 Å².